The van der Waals surface area contributed by atoms with E-state index < -0.39 is 5.97 Å². The number of carbonyl (C=O) groups is 2. The maximum atomic E-state index is 11.8. The van der Waals surface area contributed by atoms with Crippen LogP contribution in [0.25, 0.3) is 0 Å². The molecule has 2 fully saturated rings. The number of aliphatic carboxylic acids is 1. The Morgan fingerprint density at radius 2 is 2.12 bits per heavy atom. The molecule has 2 atom stereocenters. The second-order valence-corrected chi connectivity index (χ2v) is 4.62. The topological polar surface area (TPSA) is 69.6 Å². The predicted molar refractivity (Wildman–Crippen MR) is 58.1 cm³/mol. The zero-order valence-electron chi connectivity index (χ0n) is 9.32. The molecule has 5 nitrogen and oxygen atoms in total. The van der Waals surface area contributed by atoms with E-state index >= 15 is 0 Å². The molecule has 2 unspecified atom stereocenters. The van der Waals surface area contributed by atoms with Gasteiger partial charge in [0, 0.05) is 19.1 Å². The average molecular weight is 226 g/mol. The van der Waals surface area contributed by atoms with E-state index in [1.165, 1.54) is 12.8 Å². The van der Waals surface area contributed by atoms with Gasteiger partial charge in [-0.25, -0.2) is 4.79 Å². The van der Waals surface area contributed by atoms with E-state index in [2.05, 4.69) is 5.32 Å². The molecule has 5 heteroatoms. The molecule has 2 amide bonds. The summed E-state index contributed by atoms with van der Waals surface area (Å²) in [6.07, 6.45) is 4.67. The van der Waals surface area contributed by atoms with Crippen molar-refractivity contribution in [2.24, 2.45) is 5.92 Å². The smallest absolute Gasteiger partial charge is 0.317 e. The molecule has 0 spiro atoms. The number of nitrogens with zero attached hydrogens (tertiary/aromatic N) is 1. The highest BCUT2D eigenvalue weighted by molar-refractivity contribution is 5.76. The number of nitrogens with one attached hydrogen (secondary N) is 1. The van der Waals surface area contributed by atoms with Crippen LogP contribution in [0.3, 0.4) is 0 Å². The molecule has 1 heterocycles. The maximum absolute atomic E-state index is 11.8. The minimum absolute atomic E-state index is 0.00627. The normalized spacial score (nSPS) is 27.9. The predicted octanol–water partition coefficient (Wildman–Crippen LogP) is 1.05. The van der Waals surface area contributed by atoms with Gasteiger partial charge in [0.2, 0.25) is 0 Å². The molecule has 0 aromatic heterocycles. The number of fused-ring (bicyclic) bond motifs is 1. The Balaban J connectivity index is 1.79. The average Bonchev–Trinajstić information content (AvgIpc) is 2.76. The molecule has 0 aromatic rings. The molecule has 0 aromatic carbocycles. The molecule has 1 aliphatic heterocycles. The van der Waals surface area contributed by atoms with Crippen LogP contribution in [-0.4, -0.2) is 41.1 Å². The minimum atomic E-state index is -0.875. The lowest BCUT2D eigenvalue weighted by Crippen LogP contribution is -2.43. The number of urea groups is 1. The van der Waals surface area contributed by atoms with Crippen LogP contribution in [-0.2, 0) is 4.79 Å². The molecule has 1 saturated carbocycles. The highest BCUT2D eigenvalue weighted by atomic mass is 16.4. The van der Waals surface area contributed by atoms with Crippen molar-refractivity contribution in [2.45, 2.75) is 38.1 Å². The summed E-state index contributed by atoms with van der Waals surface area (Å²) >= 11 is 0. The van der Waals surface area contributed by atoms with Gasteiger partial charge in [0.05, 0.1) is 6.42 Å². The van der Waals surface area contributed by atoms with Gasteiger partial charge < -0.3 is 15.3 Å². The molecule has 0 radical (unpaired) electrons. The first-order valence-electron chi connectivity index (χ1n) is 5.95. The molecular formula is C11H18N2O3. The zero-order valence-corrected chi connectivity index (χ0v) is 9.32. The molecule has 1 aliphatic carbocycles. The molecule has 16 heavy (non-hydrogen) atoms. The van der Waals surface area contributed by atoms with Gasteiger partial charge in [-0.15, -0.1) is 0 Å². The standard InChI is InChI=1S/C11H18N2O3/c14-10(15)4-6-12-11(16)13-7-5-8-2-1-3-9(8)13/h8-9H,1-7H2,(H,12,16)(H,14,15). The number of amides is 2. The van der Waals surface area contributed by atoms with Crippen molar-refractivity contribution in [2.75, 3.05) is 13.1 Å². The highest BCUT2D eigenvalue weighted by Gasteiger charge is 2.39. The van der Waals surface area contributed by atoms with Gasteiger partial charge in [-0.3, -0.25) is 4.79 Å². The lowest BCUT2D eigenvalue weighted by Gasteiger charge is -2.24. The SMILES string of the molecule is O=C(O)CCNC(=O)N1CCC2CCCC21. The minimum Gasteiger partial charge on any atom is -0.481 e. The fourth-order valence-corrected chi connectivity index (χ4v) is 2.87. The van der Waals surface area contributed by atoms with E-state index in [0.717, 1.165) is 19.4 Å². The van der Waals surface area contributed by atoms with Crippen molar-refractivity contribution >= 4 is 12.0 Å². The van der Waals surface area contributed by atoms with Crippen LogP contribution in [0, 0.1) is 5.92 Å². The van der Waals surface area contributed by atoms with Crippen LogP contribution in [0.5, 0.6) is 0 Å². The lowest BCUT2D eigenvalue weighted by molar-refractivity contribution is -0.136. The molecule has 2 N–H and O–H groups in total. The Bertz CT molecular complexity index is 293. The Morgan fingerprint density at radius 3 is 2.88 bits per heavy atom. The number of rotatable bonds is 3. The summed E-state index contributed by atoms with van der Waals surface area (Å²) in [6, 6.07) is 0.320. The van der Waals surface area contributed by atoms with Crippen molar-refractivity contribution in [3.05, 3.63) is 0 Å². The number of hydrogen-bond acceptors (Lipinski definition) is 2. The van der Waals surface area contributed by atoms with Crippen molar-refractivity contribution in [3.8, 4) is 0 Å². The molecule has 1 saturated heterocycles. The summed E-state index contributed by atoms with van der Waals surface area (Å²) < 4.78 is 0. The van der Waals surface area contributed by atoms with Crippen LogP contribution in [0.4, 0.5) is 4.79 Å². The quantitative estimate of drug-likeness (QED) is 0.755. The summed E-state index contributed by atoms with van der Waals surface area (Å²) in [5, 5.41) is 11.2. The van der Waals surface area contributed by atoms with Crippen LogP contribution < -0.4 is 5.32 Å². The Hall–Kier alpha value is -1.26. The summed E-state index contributed by atoms with van der Waals surface area (Å²) in [7, 11) is 0. The van der Waals surface area contributed by atoms with Crippen LogP contribution >= 0.6 is 0 Å². The number of carboxylic acids is 1. The van der Waals surface area contributed by atoms with Crippen LogP contribution in [0.1, 0.15) is 32.1 Å². The van der Waals surface area contributed by atoms with Gasteiger partial charge in [0.15, 0.2) is 0 Å². The van der Waals surface area contributed by atoms with Crippen molar-refractivity contribution in [1.82, 2.24) is 10.2 Å². The highest BCUT2D eigenvalue weighted by Crippen LogP contribution is 2.37. The zero-order chi connectivity index (χ0) is 11.5. The fourth-order valence-electron chi connectivity index (χ4n) is 2.87. The fraction of sp³-hybridized carbons (Fsp3) is 0.818. The molecule has 90 valence electrons. The van der Waals surface area contributed by atoms with Gasteiger partial charge in [-0.05, 0) is 25.2 Å². The molecule has 2 rings (SSSR count). The third-order valence-electron chi connectivity index (χ3n) is 3.64. The first-order chi connectivity index (χ1) is 7.68. The van der Waals surface area contributed by atoms with Crippen molar-refractivity contribution in [1.29, 1.82) is 0 Å². The van der Waals surface area contributed by atoms with E-state index in [1.807, 2.05) is 4.90 Å². The van der Waals surface area contributed by atoms with E-state index in [9.17, 15) is 9.59 Å². The molecular weight excluding hydrogens is 208 g/mol. The maximum Gasteiger partial charge on any atom is 0.317 e. The van der Waals surface area contributed by atoms with E-state index in [-0.39, 0.29) is 19.0 Å². The summed E-state index contributed by atoms with van der Waals surface area (Å²) in [4.78, 5) is 24.0. The van der Waals surface area contributed by atoms with Gasteiger partial charge in [0.1, 0.15) is 0 Å². The third-order valence-corrected chi connectivity index (χ3v) is 3.64. The first kappa shape index (κ1) is 11.2. The molecule has 0 bridgehead atoms. The van der Waals surface area contributed by atoms with E-state index in [4.69, 9.17) is 5.11 Å². The van der Waals surface area contributed by atoms with Crippen molar-refractivity contribution < 1.29 is 14.7 Å². The molecule has 2 aliphatic rings. The number of hydrogen-bond donors (Lipinski definition) is 2. The van der Waals surface area contributed by atoms with E-state index in [0.29, 0.717) is 12.0 Å². The summed E-state index contributed by atoms with van der Waals surface area (Å²) in [6.45, 7) is 1.05. The Morgan fingerprint density at radius 1 is 1.31 bits per heavy atom. The summed E-state index contributed by atoms with van der Waals surface area (Å²) in [5.74, 6) is -0.189. The van der Waals surface area contributed by atoms with Gasteiger partial charge in [0.25, 0.3) is 0 Å². The van der Waals surface area contributed by atoms with Crippen LogP contribution in [0.2, 0.25) is 0 Å². The first-order valence-corrected chi connectivity index (χ1v) is 5.95. The van der Waals surface area contributed by atoms with Gasteiger partial charge >= 0.3 is 12.0 Å². The number of likely N-dealkylation sites (tertiary alicyclic amines) is 1. The van der Waals surface area contributed by atoms with Crippen LogP contribution in [0.15, 0.2) is 0 Å². The van der Waals surface area contributed by atoms with E-state index in [1.54, 1.807) is 0 Å². The lowest BCUT2D eigenvalue weighted by atomic mass is 10.1. The number of carboxylic acid groups (broad SMARTS) is 1. The second-order valence-electron chi connectivity index (χ2n) is 4.62. The second kappa shape index (κ2) is 4.72. The monoisotopic (exact) mass is 226 g/mol. The third kappa shape index (κ3) is 2.28. The Kier molecular flexibility index (Phi) is 3.31. The summed E-state index contributed by atoms with van der Waals surface area (Å²) in [5.41, 5.74) is 0. The van der Waals surface area contributed by atoms with Gasteiger partial charge in [-0.2, -0.15) is 0 Å². The largest absolute Gasteiger partial charge is 0.481 e. The van der Waals surface area contributed by atoms with Crippen molar-refractivity contribution in [3.63, 3.8) is 0 Å². The Labute approximate surface area is 94.8 Å². The van der Waals surface area contributed by atoms with Gasteiger partial charge in [-0.1, -0.05) is 6.42 Å². The number of carbonyl (C=O) groups excluding carboxylic acids is 1.